The number of hydrogen-bond acceptors (Lipinski definition) is 10. The van der Waals surface area contributed by atoms with Gasteiger partial charge in [0, 0.05) is 6.42 Å². The van der Waals surface area contributed by atoms with E-state index in [9.17, 15) is 35.1 Å². The van der Waals surface area contributed by atoms with Crippen molar-refractivity contribution in [2.45, 2.75) is 359 Å². The monoisotopic (exact) mass is 1170 g/mol. The lowest BCUT2D eigenvalue weighted by Gasteiger charge is -2.41. The van der Waals surface area contributed by atoms with Crippen LogP contribution in [0.4, 0.5) is 0 Å². The van der Waals surface area contributed by atoms with Gasteiger partial charge in [-0.05, 0) is 96.3 Å². The maximum absolute atomic E-state index is 13.5. The average molecular weight is 1170 g/mol. The molecule has 1 saturated heterocycles. The maximum Gasteiger partial charge on any atom is 0.306 e. The Balaban J connectivity index is 2.56. The summed E-state index contributed by atoms with van der Waals surface area (Å²) in [5.74, 6) is -1.21. The highest BCUT2D eigenvalue weighted by atomic mass is 16.7. The number of ether oxygens (including phenoxy) is 3. The summed E-state index contributed by atoms with van der Waals surface area (Å²) in [5, 5.41) is 57.1. The molecule has 0 bridgehead atoms. The van der Waals surface area contributed by atoms with Crippen molar-refractivity contribution in [1.29, 1.82) is 0 Å². The van der Waals surface area contributed by atoms with E-state index in [0.717, 1.165) is 89.9 Å². The van der Waals surface area contributed by atoms with Gasteiger partial charge < -0.3 is 45.1 Å². The molecule has 1 aliphatic rings. The van der Waals surface area contributed by atoms with Crippen molar-refractivity contribution >= 4 is 11.9 Å². The molecule has 8 atom stereocenters. The van der Waals surface area contributed by atoms with Crippen molar-refractivity contribution < 1.29 is 49.3 Å². The van der Waals surface area contributed by atoms with Crippen LogP contribution in [-0.2, 0) is 23.8 Å². The normalized spacial score (nSPS) is 19.0. The molecule has 8 unspecified atom stereocenters. The summed E-state index contributed by atoms with van der Waals surface area (Å²) >= 11 is 0. The Bertz CT molecular complexity index is 1630. The van der Waals surface area contributed by atoms with Crippen LogP contribution in [0.15, 0.2) is 72.9 Å². The Labute approximate surface area is 509 Å². The second-order valence-corrected chi connectivity index (χ2v) is 23.9. The molecule has 1 aliphatic heterocycles. The highest BCUT2D eigenvalue weighted by Gasteiger charge is 2.47. The summed E-state index contributed by atoms with van der Waals surface area (Å²) in [6, 6.07) is -1.03. The van der Waals surface area contributed by atoms with E-state index < -0.39 is 67.4 Å². The summed E-state index contributed by atoms with van der Waals surface area (Å²) in [4.78, 5) is 26.6. The molecule has 0 aromatic carbocycles. The molecule has 1 amide bonds. The predicted octanol–water partition coefficient (Wildman–Crippen LogP) is 17.5. The molecular formula is C72H129NO10. The lowest BCUT2D eigenvalue weighted by Crippen LogP contribution is -2.61. The lowest BCUT2D eigenvalue weighted by molar-refractivity contribution is -0.305. The van der Waals surface area contributed by atoms with E-state index in [1.807, 2.05) is 6.08 Å². The van der Waals surface area contributed by atoms with Crippen LogP contribution in [0.3, 0.4) is 0 Å². The first kappa shape index (κ1) is 78.1. The smallest absolute Gasteiger partial charge is 0.306 e. The molecule has 1 fully saturated rings. The highest BCUT2D eigenvalue weighted by molar-refractivity contribution is 5.80. The van der Waals surface area contributed by atoms with Crippen LogP contribution in [0.25, 0.3) is 0 Å². The summed E-state index contributed by atoms with van der Waals surface area (Å²) in [6.07, 6.45) is 66.6. The van der Waals surface area contributed by atoms with Crippen LogP contribution in [0, 0.1) is 0 Å². The fraction of sp³-hybridized carbons (Fsp3) is 0.806. The molecule has 1 heterocycles. The average Bonchev–Trinajstić information content (AvgIpc) is 3.69. The number of esters is 1. The summed E-state index contributed by atoms with van der Waals surface area (Å²) in [5.41, 5.74) is 0. The lowest BCUT2D eigenvalue weighted by atomic mass is 9.99. The second-order valence-electron chi connectivity index (χ2n) is 23.9. The third kappa shape index (κ3) is 46.9. The van der Waals surface area contributed by atoms with Gasteiger partial charge in [-0.2, -0.15) is 0 Å². The SMILES string of the molecule is CCCCC/C=C\C/C=C\C/C=C\CCCCCCC(=O)OC1C(OCC(NC(=O)C(O)CCCCCCCCCCCCCCCCCC/C=C\C/C=C\CCCCC)C(O)/C=C/CCCCCCCCCCC)OC(CO)C(O)C1O. The zero-order valence-electron chi connectivity index (χ0n) is 53.6. The standard InChI is InChI=1S/C72H129NO10/c1-4-7-10-13-16-19-22-24-26-28-29-30-31-32-33-34-35-36-38-39-41-44-47-50-53-56-59-65(76)71(80)73-63(64(75)58-55-52-49-46-43-21-18-15-12-9-6-3)62-81-72-70(69(79)68(78)66(61-74)82-72)83-67(77)60-57-54-51-48-45-42-40-37-27-25-23-20-17-14-11-8-5-2/h16-17,19-20,24-27,40,42,55,58,63-66,68-70,72,74-76,78-79H,4-15,18,21-23,28-39,41,43-54,56-57,59-62H2,1-3H3,(H,73,80)/b19-16-,20-17-,26-24-,27-25-,42-40-,58-55+. The molecule has 0 aliphatic carbocycles. The molecule has 0 aromatic rings. The minimum absolute atomic E-state index is 0.0971. The Kier molecular flexibility index (Phi) is 55.9. The summed E-state index contributed by atoms with van der Waals surface area (Å²) < 4.78 is 17.6. The number of carbonyl (C=O) groups is 2. The molecule has 482 valence electrons. The van der Waals surface area contributed by atoms with Crippen LogP contribution in [0.1, 0.15) is 310 Å². The van der Waals surface area contributed by atoms with Gasteiger partial charge in [0.2, 0.25) is 5.91 Å². The van der Waals surface area contributed by atoms with E-state index in [1.165, 1.54) is 173 Å². The number of aliphatic hydroxyl groups is 5. The van der Waals surface area contributed by atoms with Crippen molar-refractivity contribution in [2.75, 3.05) is 13.2 Å². The fourth-order valence-corrected chi connectivity index (χ4v) is 10.6. The molecule has 6 N–H and O–H groups in total. The van der Waals surface area contributed by atoms with Crippen LogP contribution in [0.2, 0.25) is 0 Å². The molecular weight excluding hydrogens is 1040 g/mol. The molecule has 83 heavy (non-hydrogen) atoms. The number of unbranched alkanes of at least 4 members (excludes halogenated alkanes) is 35. The van der Waals surface area contributed by atoms with E-state index in [2.05, 4.69) is 86.8 Å². The van der Waals surface area contributed by atoms with Gasteiger partial charge >= 0.3 is 5.97 Å². The number of amides is 1. The van der Waals surface area contributed by atoms with Crippen LogP contribution >= 0.6 is 0 Å². The quantitative estimate of drug-likeness (QED) is 0.0195. The number of rotatable bonds is 59. The Hall–Kier alpha value is -2.90. The number of nitrogens with one attached hydrogen (secondary N) is 1. The zero-order chi connectivity index (χ0) is 60.3. The second kappa shape index (κ2) is 59.4. The fourth-order valence-electron chi connectivity index (χ4n) is 10.6. The van der Waals surface area contributed by atoms with Gasteiger partial charge in [-0.15, -0.1) is 0 Å². The summed E-state index contributed by atoms with van der Waals surface area (Å²) in [7, 11) is 0. The van der Waals surface area contributed by atoms with Crippen molar-refractivity contribution in [2.24, 2.45) is 0 Å². The number of hydrogen-bond donors (Lipinski definition) is 6. The van der Waals surface area contributed by atoms with Crippen molar-refractivity contribution in [3.8, 4) is 0 Å². The first-order valence-electron chi connectivity index (χ1n) is 34.7. The number of carbonyl (C=O) groups excluding carboxylic acids is 2. The molecule has 11 nitrogen and oxygen atoms in total. The number of allylic oxidation sites excluding steroid dienone is 11. The Morgan fingerprint density at radius 2 is 0.831 bits per heavy atom. The summed E-state index contributed by atoms with van der Waals surface area (Å²) in [6.45, 7) is 5.74. The third-order valence-corrected chi connectivity index (χ3v) is 16.1. The molecule has 0 saturated carbocycles. The van der Waals surface area contributed by atoms with E-state index >= 15 is 0 Å². The first-order chi connectivity index (χ1) is 40.7. The van der Waals surface area contributed by atoms with Crippen LogP contribution < -0.4 is 5.32 Å². The number of aliphatic hydroxyl groups excluding tert-OH is 5. The maximum atomic E-state index is 13.5. The van der Waals surface area contributed by atoms with Gasteiger partial charge in [0.25, 0.3) is 0 Å². The molecule has 0 spiro atoms. The van der Waals surface area contributed by atoms with E-state index in [-0.39, 0.29) is 19.4 Å². The molecule has 0 aromatic heterocycles. The van der Waals surface area contributed by atoms with Crippen LogP contribution in [0.5, 0.6) is 0 Å². The molecule has 1 rings (SSSR count). The highest BCUT2D eigenvalue weighted by Crippen LogP contribution is 2.26. The van der Waals surface area contributed by atoms with E-state index in [1.54, 1.807) is 6.08 Å². The van der Waals surface area contributed by atoms with Gasteiger partial charge in [0.1, 0.15) is 24.4 Å². The topological polar surface area (TPSA) is 175 Å². The van der Waals surface area contributed by atoms with Crippen LogP contribution in [-0.4, -0.2) is 99.6 Å². The van der Waals surface area contributed by atoms with Crippen molar-refractivity contribution in [3.63, 3.8) is 0 Å². The van der Waals surface area contributed by atoms with Gasteiger partial charge in [-0.25, -0.2) is 0 Å². The third-order valence-electron chi connectivity index (χ3n) is 16.1. The Morgan fingerprint density at radius 1 is 0.470 bits per heavy atom. The van der Waals surface area contributed by atoms with E-state index in [4.69, 9.17) is 14.2 Å². The van der Waals surface area contributed by atoms with E-state index in [0.29, 0.717) is 12.8 Å². The zero-order valence-corrected chi connectivity index (χ0v) is 53.6. The molecule has 11 heteroatoms. The minimum atomic E-state index is -1.62. The van der Waals surface area contributed by atoms with Crippen molar-refractivity contribution in [1.82, 2.24) is 5.32 Å². The predicted molar refractivity (Wildman–Crippen MR) is 347 cm³/mol. The Morgan fingerprint density at radius 3 is 1.27 bits per heavy atom. The molecule has 0 radical (unpaired) electrons. The largest absolute Gasteiger partial charge is 0.454 e. The van der Waals surface area contributed by atoms with Crippen molar-refractivity contribution in [3.05, 3.63) is 72.9 Å². The van der Waals surface area contributed by atoms with Gasteiger partial charge in [-0.3, -0.25) is 9.59 Å². The van der Waals surface area contributed by atoms with Gasteiger partial charge in [0.15, 0.2) is 12.4 Å². The van der Waals surface area contributed by atoms with Gasteiger partial charge in [-0.1, -0.05) is 280 Å². The first-order valence-corrected chi connectivity index (χ1v) is 34.7. The van der Waals surface area contributed by atoms with Gasteiger partial charge in [0.05, 0.1) is 25.4 Å². The minimum Gasteiger partial charge on any atom is -0.454 e.